The number of carbonyl (C=O) groups is 1. The summed E-state index contributed by atoms with van der Waals surface area (Å²) in [5.74, 6) is -2.00. The van der Waals surface area contributed by atoms with Crippen LogP contribution in [0, 0.1) is 17.6 Å². The first kappa shape index (κ1) is 14.7. The molecule has 1 aliphatic rings. The summed E-state index contributed by atoms with van der Waals surface area (Å²) in [6.45, 7) is -0.296. The minimum absolute atomic E-state index is 0.0401. The van der Waals surface area contributed by atoms with Crippen LogP contribution in [0.25, 0.3) is 0 Å². The van der Waals surface area contributed by atoms with Crippen LogP contribution in [0.4, 0.5) is 8.78 Å². The van der Waals surface area contributed by atoms with E-state index in [9.17, 15) is 13.6 Å². The number of nitrogens with one attached hydrogen (secondary N) is 1. The molecule has 1 amide bonds. The molecule has 1 aromatic carbocycles. The Bertz CT molecular complexity index is 481. The molecule has 2 N–H and O–H groups in total. The average molecular weight is 285 g/mol. The Hall–Kier alpha value is -1.69. The van der Waals surface area contributed by atoms with E-state index in [1.165, 1.54) is 0 Å². The van der Waals surface area contributed by atoms with Gasteiger partial charge in [0.1, 0.15) is 5.82 Å². The second kappa shape index (κ2) is 6.65. The van der Waals surface area contributed by atoms with E-state index in [4.69, 9.17) is 9.84 Å². The topological polar surface area (TPSA) is 58.6 Å². The Kier molecular flexibility index (Phi) is 4.89. The second-order valence-corrected chi connectivity index (χ2v) is 4.91. The highest BCUT2D eigenvalue weighted by Crippen LogP contribution is 2.25. The zero-order chi connectivity index (χ0) is 14.5. The predicted molar refractivity (Wildman–Crippen MR) is 68.2 cm³/mol. The maximum atomic E-state index is 13.3. The summed E-state index contributed by atoms with van der Waals surface area (Å²) in [4.78, 5) is 11.7. The molecule has 1 aromatic rings. The number of carbonyl (C=O) groups excluding carboxylic acids is 1. The van der Waals surface area contributed by atoms with Gasteiger partial charge in [0.15, 0.2) is 18.2 Å². The molecule has 1 fully saturated rings. The largest absolute Gasteiger partial charge is 0.481 e. The molecule has 6 heteroatoms. The van der Waals surface area contributed by atoms with Crippen molar-refractivity contribution in [3.05, 3.63) is 29.8 Å². The summed E-state index contributed by atoms with van der Waals surface area (Å²) in [6.07, 6.45) is 2.67. The van der Waals surface area contributed by atoms with Gasteiger partial charge in [0.25, 0.3) is 5.91 Å². The molecule has 0 spiro atoms. The highest BCUT2D eigenvalue weighted by molar-refractivity contribution is 5.77. The normalized spacial score (nSPS) is 21.8. The summed E-state index contributed by atoms with van der Waals surface area (Å²) in [7, 11) is 0. The van der Waals surface area contributed by atoms with E-state index in [1.807, 2.05) is 0 Å². The van der Waals surface area contributed by atoms with Gasteiger partial charge in [0.2, 0.25) is 0 Å². The van der Waals surface area contributed by atoms with Crippen LogP contribution < -0.4 is 10.1 Å². The van der Waals surface area contributed by atoms with Crippen molar-refractivity contribution in [1.82, 2.24) is 5.32 Å². The van der Waals surface area contributed by atoms with Crippen LogP contribution in [-0.2, 0) is 4.79 Å². The van der Waals surface area contributed by atoms with E-state index < -0.39 is 11.6 Å². The smallest absolute Gasteiger partial charge is 0.258 e. The van der Waals surface area contributed by atoms with Gasteiger partial charge in [0.05, 0.1) is 0 Å². The lowest BCUT2D eigenvalue weighted by Gasteiger charge is -2.19. The van der Waals surface area contributed by atoms with Gasteiger partial charge in [-0.1, -0.05) is 6.42 Å². The molecule has 2 atom stereocenters. The third kappa shape index (κ3) is 3.66. The Morgan fingerprint density at radius 1 is 1.40 bits per heavy atom. The number of rotatable bonds is 5. The predicted octanol–water partition coefficient (Wildman–Crippen LogP) is 1.62. The molecular weight excluding hydrogens is 268 g/mol. The fourth-order valence-corrected chi connectivity index (χ4v) is 2.43. The number of ether oxygens (including phenoxy) is 1. The Labute approximate surface area is 115 Å². The van der Waals surface area contributed by atoms with Crippen molar-refractivity contribution in [2.24, 2.45) is 5.92 Å². The first-order valence-corrected chi connectivity index (χ1v) is 6.58. The number of hydrogen-bond donors (Lipinski definition) is 2. The minimum Gasteiger partial charge on any atom is -0.481 e. The molecule has 0 radical (unpaired) electrons. The third-order valence-electron chi connectivity index (χ3n) is 3.49. The molecular formula is C14H17F2NO3. The highest BCUT2D eigenvalue weighted by Gasteiger charge is 2.27. The van der Waals surface area contributed by atoms with Gasteiger partial charge < -0.3 is 15.2 Å². The molecule has 4 nitrogen and oxygen atoms in total. The van der Waals surface area contributed by atoms with Crippen molar-refractivity contribution in [2.75, 3.05) is 13.2 Å². The first-order chi connectivity index (χ1) is 9.60. The summed E-state index contributed by atoms with van der Waals surface area (Å²) in [5, 5.41) is 11.9. The number of benzene rings is 1. The maximum absolute atomic E-state index is 13.3. The van der Waals surface area contributed by atoms with Gasteiger partial charge in [-0.05, 0) is 25.0 Å². The molecule has 0 aromatic heterocycles. The number of amides is 1. The second-order valence-electron chi connectivity index (χ2n) is 4.91. The molecule has 0 bridgehead atoms. The fraction of sp³-hybridized carbons (Fsp3) is 0.500. The van der Waals surface area contributed by atoms with Crippen LogP contribution >= 0.6 is 0 Å². The number of aliphatic hydroxyl groups is 1. The van der Waals surface area contributed by atoms with Gasteiger partial charge in [-0.2, -0.15) is 0 Å². The van der Waals surface area contributed by atoms with Crippen molar-refractivity contribution in [3.8, 4) is 5.75 Å². The van der Waals surface area contributed by atoms with E-state index in [-0.39, 0.29) is 36.8 Å². The van der Waals surface area contributed by atoms with Gasteiger partial charge in [-0.25, -0.2) is 8.78 Å². The van der Waals surface area contributed by atoms with Crippen LogP contribution in [0.1, 0.15) is 19.3 Å². The van der Waals surface area contributed by atoms with Crippen molar-refractivity contribution in [3.63, 3.8) is 0 Å². The molecule has 0 heterocycles. The number of hydrogen-bond acceptors (Lipinski definition) is 3. The summed E-state index contributed by atoms with van der Waals surface area (Å²) >= 11 is 0. The maximum Gasteiger partial charge on any atom is 0.258 e. The molecule has 1 saturated carbocycles. The van der Waals surface area contributed by atoms with Crippen molar-refractivity contribution >= 4 is 5.91 Å². The molecule has 20 heavy (non-hydrogen) atoms. The van der Waals surface area contributed by atoms with Crippen LogP contribution in [0.2, 0.25) is 0 Å². The van der Waals surface area contributed by atoms with E-state index in [2.05, 4.69) is 5.32 Å². The zero-order valence-electron chi connectivity index (χ0n) is 10.9. The average Bonchev–Trinajstić information content (AvgIpc) is 2.85. The Morgan fingerprint density at radius 3 is 2.90 bits per heavy atom. The molecule has 2 unspecified atom stereocenters. The van der Waals surface area contributed by atoms with Gasteiger partial charge in [0, 0.05) is 24.6 Å². The Balaban J connectivity index is 1.83. The number of aliphatic hydroxyl groups excluding tert-OH is 1. The molecule has 1 aliphatic carbocycles. The van der Waals surface area contributed by atoms with Gasteiger partial charge in [-0.3, -0.25) is 4.79 Å². The van der Waals surface area contributed by atoms with E-state index in [1.54, 1.807) is 0 Å². The van der Waals surface area contributed by atoms with Crippen LogP contribution in [0.3, 0.4) is 0 Å². The van der Waals surface area contributed by atoms with E-state index >= 15 is 0 Å². The van der Waals surface area contributed by atoms with Crippen molar-refractivity contribution in [1.29, 1.82) is 0 Å². The summed E-state index contributed by atoms with van der Waals surface area (Å²) in [5.41, 5.74) is 0. The zero-order valence-corrected chi connectivity index (χ0v) is 10.9. The molecule has 110 valence electrons. The monoisotopic (exact) mass is 285 g/mol. The van der Waals surface area contributed by atoms with E-state index in [0.29, 0.717) is 6.07 Å². The van der Waals surface area contributed by atoms with Crippen molar-refractivity contribution < 1.29 is 23.4 Å². The lowest BCUT2D eigenvalue weighted by molar-refractivity contribution is -0.124. The quantitative estimate of drug-likeness (QED) is 0.864. The molecule has 0 aliphatic heterocycles. The van der Waals surface area contributed by atoms with Gasteiger partial charge >= 0.3 is 0 Å². The minimum atomic E-state index is -0.841. The van der Waals surface area contributed by atoms with E-state index in [0.717, 1.165) is 31.4 Å². The lowest BCUT2D eigenvalue weighted by Crippen LogP contribution is -2.41. The van der Waals surface area contributed by atoms with Crippen molar-refractivity contribution in [2.45, 2.75) is 25.3 Å². The number of halogens is 2. The molecule has 0 saturated heterocycles. The SMILES string of the molecule is O=C(COc1ccc(F)cc1F)NC1CCCC1CO. The van der Waals surface area contributed by atoms with Crippen LogP contribution in [0.15, 0.2) is 18.2 Å². The van der Waals surface area contributed by atoms with Gasteiger partial charge in [-0.15, -0.1) is 0 Å². The highest BCUT2D eigenvalue weighted by atomic mass is 19.1. The third-order valence-corrected chi connectivity index (χ3v) is 3.49. The molecule has 2 rings (SSSR count). The fourth-order valence-electron chi connectivity index (χ4n) is 2.43. The Morgan fingerprint density at radius 2 is 2.20 bits per heavy atom. The summed E-state index contributed by atoms with van der Waals surface area (Å²) in [6, 6.07) is 2.85. The standard InChI is InChI=1S/C14H17F2NO3/c15-10-4-5-13(11(16)6-10)20-8-14(19)17-12-3-1-2-9(12)7-18/h4-6,9,12,18H,1-3,7-8H2,(H,17,19). The van der Waals surface area contributed by atoms with Crippen LogP contribution in [0.5, 0.6) is 5.75 Å². The summed E-state index contributed by atoms with van der Waals surface area (Å²) < 4.78 is 31.0. The lowest BCUT2D eigenvalue weighted by atomic mass is 10.1. The first-order valence-electron chi connectivity index (χ1n) is 6.58. The van der Waals surface area contributed by atoms with Crippen LogP contribution in [-0.4, -0.2) is 30.3 Å².